The van der Waals surface area contributed by atoms with Crippen LogP contribution in [-0.4, -0.2) is 26.4 Å². The number of hydrogen-bond donors (Lipinski definition) is 1. The van der Waals surface area contributed by atoms with Crippen LogP contribution in [0.4, 0.5) is 0 Å². The van der Waals surface area contributed by atoms with Gasteiger partial charge in [-0.1, -0.05) is 35.5 Å². The number of thioether (sulfide) groups is 1. The first-order chi connectivity index (χ1) is 9.97. The SMILES string of the molecule is Cc1ccc(C(C)NC(=O)CSc2nncn2C)c(C)c1. The Kier molecular flexibility index (Phi) is 5.01. The third-order valence-electron chi connectivity index (χ3n) is 3.27. The molecule has 2 aromatic rings. The number of amides is 1. The molecule has 1 atom stereocenters. The second kappa shape index (κ2) is 6.76. The third-order valence-corrected chi connectivity index (χ3v) is 4.31. The minimum Gasteiger partial charge on any atom is -0.349 e. The molecule has 0 saturated carbocycles. The lowest BCUT2D eigenvalue weighted by Crippen LogP contribution is -2.28. The van der Waals surface area contributed by atoms with Gasteiger partial charge in [-0.05, 0) is 31.9 Å². The van der Waals surface area contributed by atoms with E-state index in [1.807, 2.05) is 14.0 Å². The van der Waals surface area contributed by atoms with Crippen molar-refractivity contribution in [3.8, 4) is 0 Å². The Balaban J connectivity index is 1.91. The predicted molar refractivity (Wildman–Crippen MR) is 84.2 cm³/mol. The maximum atomic E-state index is 12.0. The fourth-order valence-corrected chi connectivity index (χ4v) is 2.90. The van der Waals surface area contributed by atoms with Gasteiger partial charge >= 0.3 is 0 Å². The number of aryl methyl sites for hydroxylation is 3. The molecule has 0 spiro atoms. The van der Waals surface area contributed by atoms with E-state index in [2.05, 4.69) is 47.6 Å². The van der Waals surface area contributed by atoms with Gasteiger partial charge in [-0.15, -0.1) is 10.2 Å². The molecule has 0 fully saturated rings. The van der Waals surface area contributed by atoms with E-state index in [4.69, 9.17) is 0 Å². The number of benzene rings is 1. The van der Waals surface area contributed by atoms with Crippen molar-refractivity contribution in [2.75, 3.05) is 5.75 Å². The fourth-order valence-electron chi connectivity index (χ4n) is 2.21. The summed E-state index contributed by atoms with van der Waals surface area (Å²) in [6.07, 6.45) is 1.62. The van der Waals surface area contributed by atoms with Crippen LogP contribution in [0.15, 0.2) is 29.7 Å². The number of carbonyl (C=O) groups is 1. The highest BCUT2D eigenvalue weighted by molar-refractivity contribution is 7.99. The third kappa shape index (κ3) is 4.07. The second-order valence-electron chi connectivity index (χ2n) is 5.16. The van der Waals surface area contributed by atoms with Gasteiger partial charge in [0.25, 0.3) is 0 Å². The summed E-state index contributed by atoms with van der Waals surface area (Å²) < 4.78 is 1.80. The molecule has 0 aliphatic heterocycles. The number of nitrogens with one attached hydrogen (secondary N) is 1. The largest absolute Gasteiger partial charge is 0.349 e. The Morgan fingerprint density at radius 3 is 2.81 bits per heavy atom. The normalized spacial score (nSPS) is 12.2. The van der Waals surface area contributed by atoms with Crippen LogP contribution in [0, 0.1) is 13.8 Å². The molecular weight excluding hydrogens is 284 g/mol. The van der Waals surface area contributed by atoms with Gasteiger partial charge in [0.2, 0.25) is 5.91 Å². The molecule has 1 amide bonds. The zero-order valence-electron chi connectivity index (χ0n) is 12.8. The molecule has 0 aliphatic carbocycles. The summed E-state index contributed by atoms with van der Waals surface area (Å²) in [7, 11) is 1.86. The molecule has 1 aromatic heterocycles. The molecule has 1 aromatic carbocycles. The van der Waals surface area contributed by atoms with E-state index in [9.17, 15) is 4.79 Å². The monoisotopic (exact) mass is 304 g/mol. The second-order valence-corrected chi connectivity index (χ2v) is 6.10. The summed E-state index contributed by atoms with van der Waals surface area (Å²) in [5.41, 5.74) is 3.58. The first-order valence-electron chi connectivity index (χ1n) is 6.80. The van der Waals surface area contributed by atoms with Gasteiger partial charge in [0.15, 0.2) is 5.16 Å². The fraction of sp³-hybridized carbons (Fsp3) is 0.400. The Hall–Kier alpha value is -1.82. The van der Waals surface area contributed by atoms with E-state index >= 15 is 0 Å². The molecule has 1 heterocycles. The van der Waals surface area contributed by atoms with E-state index in [0.717, 1.165) is 10.7 Å². The lowest BCUT2D eigenvalue weighted by Gasteiger charge is -2.17. The zero-order chi connectivity index (χ0) is 15.4. The topological polar surface area (TPSA) is 59.8 Å². The summed E-state index contributed by atoms with van der Waals surface area (Å²) in [5.74, 6) is 0.331. The van der Waals surface area contributed by atoms with Gasteiger partial charge in [0, 0.05) is 7.05 Å². The maximum absolute atomic E-state index is 12.0. The molecule has 112 valence electrons. The van der Waals surface area contributed by atoms with E-state index in [1.165, 1.54) is 22.9 Å². The van der Waals surface area contributed by atoms with Crippen molar-refractivity contribution in [1.82, 2.24) is 20.1 Å². The average Bonchev–Trinajstić information content (AvgIpc) is 2.81. The number of carbonyl (C=O) groups excluding carboxylic acids is 1. The summed E-state index contributed by atoms with van der Waals surface area (Å²) in [6, 6.07) is 6.27. The van der Waals surface area contributed by atoms with Crippen molar-refractivity contribution in [2.45, 2.75) is 32.0 Å². The highest BCUT2D eigenvalue weighted by atomic mass is 32.2. The number of aromatic nitrogens is 3. The van der Waals surface area contributed by atoms with Crippen molar-refractivity contribution >= 4 is 17.7 Å². The van der Waals surface area contributed by atoms with E-state index in [0.29, 0.717) is 5.75 Å². The van der Waals surface area contributed by atoms with Crippen LogP contribution in [-0.2, 0) is 11.8 Å². The lowest BCUT2D eigenvalue weighted by molar-refractivity contribution is -0.119. The summed E-state index contributed by atoms with van der Waals surface area (Å²) >= 11 is 1.38. The van der Waals surface area contributed by atoms with Crippen LogP contribution in [0.1, 0.15) is 29.7 Å². The Morgan fingerprint density at radius 2 is 2.19 bits per heavy atom. The van der Waals surface area contributed by atoms with Crippen LogP contribution in [0.2, 0.25) is 0 Å². The molecular formula is C15H20N4OS. The van der Waals surface area contributed by atoms with E-state index < -0.39 is 0 Å². The molecule has 0 saturated heterocycles. The molecule has 2 rings (SSSR count). The van der Waals surface area contributed by atoms with Crippen molar-refractivity contribution in [1.29, 1.82) is 0 Å². The lowest BCUT2D eigenvalue weighted by atomic mass is 10.0. The molecule has 1 unspecified atom stereocenters. The first kappa shape index (κ1) is 15.6. The summed E-state index contributed by atoms with van der Waals surface area (Å²) in [4.78, 5) is 12.0. The van der Waals surface area contributed by atoms with Crippen LogP contribution < -0.4 is 5.32 Å². The van der Waals surface area contributed by atoms with Crippen LogP contribution >= 0.6 is 11.8 Å². The van der Waals surface area contributed by atoms with Gasteiger partial charge in [-0.3, -0.25) is 4.79 Å². The van der Waals surface area contributed by atoms with Gasteiger partial charge in [0.05, 0.1) is 11.8 Å². The van der Waals surface area contributed by atoms with Crippen molar-refractivity contribution in [2.24, 2.45) is 7.05 Å². The van der Waals surface area contributed by atoms with Gasteiger partial charge < -0.3 is 9.88 Å². The Morgan fingerprint density at radius 1 is 1.43 bits per heavy atom. The van der Waals surface area contributed by atoms with Crippen LogP contribution in [0.5, 0.6) is 0 Å². The van der Waals surface area contributed by atoms with Crippen molar-refractivity contribution < 1.29 is 4.79 Å². The molecule has 0 aliphatic rings. The molecule has 6 heteroatoms. The summed E-state index contributed by atoms with van der Waals surface area (Å²) in [6.45, 7) is 6.14. The van der Waals surface area contributed by atoms with Gasteiger partial charge in [-0.25, -0.2) is 0 Å². The Bertz CT molecular complexity index is 638. The quantitative estimate of drug-likeness (QED) is 0.862. The Labute approximate surface area is 129 Å². The average molecular weight is 304 g/mol. The van der Waals surface area contributed by atoms with E-state index in [1.54, 1.807) is 10.9 Å². The standard InChI is InChI=1S/C15H20N4OS/c1-10-5-6-13(11(2)7-10)12(3)17-14(20)8-21-15-18-16-9-19(15)4/h5-7,9,12H,8H2,1-4H3,(H,17,20). The minimum atomic E-state index is -0.00419. The smallest absolute Gasteiger partial charge is 0.230 e. The number of nitrogens with zero attached hydrogens (tertiary/aromatic N) is 3. The highest BCUT2D eigenvalue weighted by Gasteiger charge is 2.13. The predicted octanol–water partition coefficient (Wildman–Crippen LogP) is 2.40. The molecule has 1 N–H and O–H groups in total. The van der Waals surface area contributed by atoms with E-state index in [-0.39, 0.29) is 11.9 Å². The molecule has 0 bridgehead atoms. The molecule has 21 heavy (non-hydrogen) atoms. The van der Waals surface area contributed by atoms with Gasteiger partial charge in [-0.2, -0.15) is 0 Å². The van der Waals surface area contributed by atoms with Gasteiger partial charge in [0.1, 0.15) is 6.33 Å². The zero-order valence-corrected chi connectivity index (χ0v) is 13.6. The summed E-state index contributed by atoms with van der Waals surface area (Å²) in [5, 5.41) is 11.5. The highest BCUT2D eigenvalue weighted by Crippen LogP contribution is 2.19. The number of rotatable bonds is 5. The van der Waals surface area contributed by atoms with Crippen LogP contribution in [0.3, 0.4) is 0 Å². The minimum absolute atomic E-state index is 0.00167. The van der Waals surface area contributed by atoms with Crippen LogP contribution in [0.25, 0.3) is 0 Å². The molecule has 5 nitrogen and oxygen atoms in total. The van der Waals surface area contributed by atoms with Crippen molar-refractivity contribution in [3.05, 3.63) is 41.2 Å². The maximum Gasteiger partial charge on any atom is 0.230 e. The first-order valence-corrected chi connectivity index (χ1v) is 7.79. The van der Waals surface area contributed by atoms with Crippen molar-refractivity contribution in [3.63, 3.8) is 0 Å². The number of hydrogen-bond acceptors (Lipinski definition) is 4. The molecule has 0 radical (unpaired) electrons.